The highest BCUT2D eigenvalue weighted by molar-refractivity contribution is 5.80. The van der Waals surface area contributed by atoms with Crippen LogP contribution in [0.5, 0.6) is 0 Å². The molecule has 1 saturated heterocycles. The molecule has 3 aromatic rings. The molecule has 1 aromatic carbocycles. The maximum Gasteiger partial charge on any atom is 0.223 e. The molecule has 1 amide bonds. The molecule has 1 aliphatic heterocycles. The number of carbonyl (C=O) groups is 1. The molecule has 4 rings (SSSR count). The van der Waals surface area contributed by atoms with E-state index in [9.17, 15) is 4.79 Å². The van der Waals surface area contributed by atoms with Gasteiger partial charge in [-0.25, -0.2) is 4.98 Å². The van der Waals surface area contributed by atoms with Crippen molar-refractivity contribution in [2.24, 2.45) is 7.05 Å². The Morgan fingerprint density at radius 2 is 2.20 bits per heavy atom. The number of aromatic nitrogens is 2. The summed E-state index contributed by atoms with van der Waals surface area (Å²) in [5.41, 5.74) is 2.05. The predicted molar refractivity (Wildman–Crippen MR) is 94.8 cm³/mol. The quantitative estimate of drug-likeness (QED) is 0.794. The molecule has 0 saturated carbocycles. The average Bonchev–Trinajstić information content (AvgIpc) is 3.25. The highest BCUT2D eigenvalue weighted by atomic mass is 16.3. The molecular formula is C19H22N4O2. The Labute approximate surface area is 146 Å². The van der Waals surface area contributed by atoms with E-state index in [1.807, 2.05) is 48.0 Å². The minimum atomic E-state index is -0.0722. The minimum Gasteiger partial charge on any atom is -0.464 e. The number of rotatable bonds is 4. The number of likely N-dealkylation sites (tertiary alicyclic amines) is 1. The number of hydrogen-bond acceptors (Lipinski definition) is 4. The van der Waals surface area contributed by atoms with E-state index >= 15 is 0 Å². The van der Waals surface area contributed by atoms with Gasteiger partial charge in [0.25, 0.3) is 0 Å². The van der Waals surface area contributed by atoms with E-state index in [-0.39, 0.29) is 18.0 Å². The molecule has 0 radical (unpaired) electrons. The lowest BCUT2D eigenvalue weighted by Gasteiger charge is -2.39. The van der Waals surface area contributed by atoms with Crippen LogP contribution in [0.15, 0.2) is 47.3 Å². The SMILES string of the molecule is CN1C(=O)CC[C@@H](NCc2cccc3ccoc23)[C@@H]1c1nccn1C. The zero-order chi connectivity index (χ0) is 17.4. The van der Waals surface area contributed by atoms with Gasteiger partial charge in [-0.2, -0.15) is 0 Å². The summed E-state index contributed by atoms with van der Waals surface area (Å²) in [5, 5.41) is 4.74. The Morgan fingerprint density at radius 3 is 3.00 bits per heavy atom. The smallest absolute Gasteiger partial charge is 0.223 e. The van der Waals surface area contributed by atoms with E-state index in [0.29, 0.717) is 13.0 Å². The van der Waals surface area contributed by atoms with Crippen LogP contribution in [0.3, 0.4) is 0 Å². The van der Waals surface area contributed by atoms with E-state index in [0.717, 1.165) is 28.8 Å². The van der Waals surface area contributed by atoms with Gasteiger partial charge >= 0.3 is 0 Å². The van der Waals surface area contributed by atoms with Crippen molar-refractivity contribution in [1.82, 2.24) is 19.8 Å². The molecule has 0 aliphatic carbocycles. The topological polar surface area (TPSA) is 63.3 Å². The van der Waals surface area contributed by atoms with Gasteiger partial charge < -0.3 is 19.2 Å². The monoisotopic (exact) mass is 338 g/mol. The van der Waals surface area contributed by atoms with Crippen molar-refractivity contribution >= 4 is 16.9 Å². The van der Waals surface area contributed by atoms with Crippen LogP contribution in [-0.4, -0.2) is 33.4 Å². The second-order valence-corrected chi connectivity index (χ2v) is 6.63. The molecule has 0 unspecified atom stereocenters. The van der Waals surface area contributed by atoms with Crippen molar-refractivity contribution in [3.63, 3.8) is 0 Å². The lowest BCUT2D eigenvalue weighted by molar-refractivity contribution is -0.136. The van der Waals surface area contributed by atoms with Gasteiger partial charge in [0.2, 0.25) is 5.91 Å². The summed E-state index contributed by atoms with van der Waals surface area (Å²) in [6, 6.07) is 8.22. The van der Waals surface area contributed by atoms with Gasteiger partial charge in [-0.15, -0.1) is 0 Å². The molecular weight excluding hydrogens is 316 g/mol. The number of aryl methyl sites for hydroxylation is 1. The maximum atomic E-state index is 12.2. The predicted octanol–water partition coefficient (Wildman–Crippen LogP) is 2.62. The molecule has 6 heteroatoms. The molecule has 25 heavy (non-hydrogen) atoms. The maximum absolute atomic E-state index is 12.2. The van der Waals surface area contributed by atoms with Crippen LogP contribution in [0.25, 0.3) is 11.0 Å². The van der Waals surface area contributed by atoms with E-state index in [1.165, 1.54) is 0 Å². The third kappa shape index (κ3) is 2.82. The number of para-hydroxylation sites is 1. The lowest BCUT2D eigenvalue weighted by atomic mass is 9.95. The van der Waals surface area contributed by atoms with Gasteiger partial charge in [-0.05, 0) is 12.5 Å². The van der Waals surface area contributed by atoms with Gasteiger partial charge in [0.05, 0.1) is 6.26 Å². The summed E-state index contributed by atoms with van der Waals surface area (Å²) in [6.45, 7) is 0.693. The second kappa shape index (κ2) is 6.37. The summed E-state index contributed by atoms with van der Waals surface area (Å²) < 4.78 is 7.61. The number of fused-ring (bicyclic) bond motifs is 1. The Morgan fingerprint density at radius 1 is 1.32 bits per heavy atom. The minimum absolute atomic E-state index is 0.0722. The first-order valence-corrected chi connectivity index (χ1v) is 8.56. The number of likely N-dealkylation sites (N-methyl/N-ethyl adjacent to an activating group) is 1. The standard InChI is InChI=1S/C19H22N4O2/c1-22-10-9-20-19(22)17-15(6-7-16(24)23(17)2)21-12-14-5-3-4-13-8-11-25-18(13)14/h3-5,8-11,15,17,21H,6-7,12H2,1-2H3/t15-,17-/m1/s1. The van der Waals surface area contributed by atoms with Crippen LogP contribution < -0.4 is 5.32 Å². The molecule has 2 atom stereocenters. The van der Waals surface area contributed by atoms with Crippen LogP contribution in [0.1, 0.15) is 30.3 Å². The van der Waals surface area contributed by atoms with Crippen molar-refractivity contribution in [3.05, 3.63) is 54.3 Å². The Kier molecular flexibility index (Phi) is 4.05. The number of furan rings is 1. The molecule has 130 valence electrons. The fourth-order valence-electron chi connectivity index (χ4n) is 3.70. The summed E-state index contributed by atoms with van der Waals surface area (Å²) in [4.78, 5) is 18.5. The van der Waals surface area contributed by atoms with Gasteiger partial charge in [0, 0.05) is 56.4 Å². The zero-order valence-electron chi connectivity index (χ0n) is 14.5. The molecule has 2 aromatic heterocycles. The fraction of sp³-hybridized carbons (Fsp3) is 0.368. The number of benzene rings is 1. The molecule has 0 spiro atoms. The first-order chi connectivity index (χ1) is 12.1. The van der Waals surface area contributed by atoms with Gasteiger partial charge in [0.15, 0.2) is 0 Å². The normalized spacial score (nSPS) is 21.2. The lowest BCUT2D eigenvalue weighted by Crippen LogP contribution is -2.49. The largest absolute Gasteiger partial charge is 0.464 e. The van der Waals surface area contributed by atoms with Gasteiger partial charge in [0.1, 0.15) is 17.4 Å². The zero-order valence-corrected chi connectivity index (χ0v) is 14.5. The first-order valence-electron chi connectivity index (χ1n) is 8.56. The van der Waals surface area contributed by atoms with Gasteiger partial charge in [-0.1, -0.05) is 18.2 Å². The molecule has 1 aliphatic rings. The summed E-state index contributed by atoms with van der Waals surface area (Å²) in [6.07, 6.45) is 6.78. The van der Waals surface area contributed by atoms with Crippen molar-refractivity contribution in [3.8, 4) is 0 Å². The fourth-order valence-corrected chi connectivity index (χ4v) is 3.70. The number of piperidine rings is 1. The Hall–Kier alpha value is -2.60. The van der Waals surface area contributed by atoms with E-state index < -0.39 is 0 Å². The van der Waals surface area contributed by atoms with Gasteiger partial charge in [-0.3, -0.25) is 4.79 Å². The third-order valence-corrected chi connectivity index (χ3v) is 5.10. The van der Waals surface area contributed by atoms with E-state index in [2.05, 4.69) is 16.4 Å². The number of nitrogens with one attached hydrogen (secondary N) is 1. The van der Waals surface area contributed by atoms with Crippen LogP contribution in [0.2, 0.25) is 0 Å². The Bertz CT molecular complexity index is 898. The average molecular weight is 338 g/mol. The summed E-state index contributed by atoms with van der Waals surface area (Å²) in [7, 11) is 3.83. The molecule has 3 heterocycles. The van der Waals surface area contributed by atoms with Crippen LogP contribution in [-0.2, 0) is 18.4 Å². The van der Waals surface area contributed by atoms with Crippen LogP contribution in [0, 0.1) is 0 Å². The van der Waals surface area contributed by atoms with E-state index in [4.69, 9.17) is 4.42 Å². The first kappa shape index (κ1) is 15.9. The summed E-state index contributed by atoms with van der Waals surface area (Å²) >= 11 is 0. The summed E-state index contributed by atoms with van der Waals surface area (Å²) in [5.74, 6) is 1.07. The molecule has 0 bridgehead atoms. The molecule has 1 fully saturated rings. The number of amides is 1. The highest BCUT2D eigenvalue weighted by Gasteiger charge is 2.36. The van der Waals surface area contributed by atoms with Crippen molar-refractivity contribution in [2.75, 3.05) is 7.05 Å². The molecule has 1 N–H and O–H groups in total. The van der Waals surface area contributed by atoms with Crippen molar-refractivity contribution in [1.29, 1.82) is 0 Å². The Balaban J connectivity index is 1.58. The number of hydrogen-bond donors (Lipinski definition) is 1. The third-order valence-electron chi connectivity index (χ3n) is 5.10. The molecule has 6 nitrogen and oxygen atoms in total. The van der Waals surface area contributed by atoms with Crippen LogP contribution in [0.4, 0.5) is 0 Å². The second-order valence-electron chi connectivity index (χ2n) is 6.63. The number of nitrogens with zero attached hydrogens (tertiary/aromatic N) is 3. The highest BCUT2D eigenvalue weighted by Crippen LogP contribution is 2.30. The number of carbonyl (C=O) groups excluding carboxylic acids is 1. The van der Waals surface area contributed by atoms with Crippen molar-refractivity contribution < 1.29 is 9.21 Å². The van der Waals surface area contributed by atoms with E-state index in [1.54, 1.807) is 12.5 Å². The van der Waals surface area contributed by atoms with Crippen LogP contribution >= 0.6 is 0 Å². The van der Waals surface area contributed by atoms with Crippen molar-refractivity contribution in [2.45, 2.75) is 31.5 Å². The number of imidazole rings is 1.